The number of aromatic nitrogens is 2. The van der Waals surface area contributed by atoms with E-state index in [-0.39, 0.29) is 70.4 Å². The number of hydrogen-bond donors (Lipinski definition) is 4. The van der Waals surface area contributed by atoms with E-state index < -0.39 is 54.3 Å². The van der Waals surface area contributed by atoms with Crippen LogP contribution in [0.5, 0.6) is 0 Å². The molecular weight excluding hydrogens is 749 g/mol. The summed E-state index contributed by atoms with van der Waals surface area (Å²) in [5, 5.41) is 5.42. The van der Waals surface area contributed by atoms with E-state index in [2.05, 4.69) is 10.6 Å². The summed E-state index contributed by atoms with van der Waals surface area (Å²) >= 11 is 0. The van der Waals surface area contributed by atoms with Crippen LogP contribution in [0.25, 0.3) is 0 Å². The second-order valence-corrected chi connectivity index (χ2v) is 12.4. The lowest BCUT2D eigenvalue weighted by Crippen LogP contribution is -2.42. The van der Waals surface area contributed by atoms with Crippen molar-refractivity contribution in [2.75, 3.05) is 92.9 Å². The Kier molecular flexibility index (Phi) is 25.8. The van der Waals surface area contributed by atoms with Gasteiger partial charge in [-0.2, -0.15) is 4.39 Å². The van der Waals surface area contributed by atoms with Crippen LogP contribution in [0.3, 0.4) is 0 Å². The van der Waals surface area contributed by atoms with Crippen LogP contribution in [-0.2, 0) is 61.7 Å². The lowest BCUT2D eigenvalue weighted by Gasteiger charge is -2.22. The molecule has 20 nitrogen and oxygen atoms in total. The SMILES string of the molecule is CCCOC(C)OCCOCCNC(=O)C(N)CCC(=O)NCCOCCOC(C)OCCOCCOC(C)OC1CC(n2cc(F)c(=O)[nH]c2=O)OC1OC. The number of rotatable bonds is 33. The number of H-pyrrole nitrogens is 1. The number of methoxy groups -OCH3 is 1. The van der Waals surface area contributed by atoms with Crippen molar-refractivity contribution in [1.29, 1.82) is 0 Å². The van der Waals surface area contributed by atoms with Crippen LogP contribution in [0.1, 0.15) is 59.6 Å². The molecule has 1 saturated heterocycles. The zero-order chi connectivity index (χ0) is 41.1. The number of carbonyl (C=O) groups is 2. The van der Waals surface area contributed by atoms with Crippen molar-refractivity contribution in [3.05, 3.63) is 32.9 Å². The zero-order valence-corrected chi connectivity index (χ0v) is 33.2. The van der Waals surface area contributed by atoms with E-state index in [1.54, 1.807) is 13.8 Å². The number of aromatic amines is 1. The van der Waals surface area contributed by atoms with Gasteiger partial charge in [0.05, 0.1) is 78.3 Å². The molecule has 1 aliphatic heterocycles. The molecule has 0 spiro atoms. The fourth-order valence-corrected chi connectivity index (χ4v) is 5.00. The van der Waals surface area contributed by atoms with Crippen LogP contribution in [0.4, 0.5) is 4.39 Å². The number of nitrogens with zero attached hydrogens (tertiary/aromatic N) is 1. The predicted molar refractivity (Wildman–Crippen MR) is 196 cm³/mol. The first-order valence-corrected chi connectivity index (χ1v) is 18.9. The third-order valence-corrected chi connectivity index (χ3v) is 7.87. The molecule has 2 heterocycles. The number of nitrogens with one attached hydrogen (secondary N) is 3. The second kappa shape index (κ2) is 29.3. The smallest absolute Gasteiger partial charge is 0.330 e. The number of hydrogen-bond acceptors (Lipinski definition) is 16. The summed E-state index contributed by atoms with van der Waals surface area (Å²) in [4.78, 5) is 49.6. The van der Waals surface area contributed by atoms with Crippen LogP contribution in [0.15, 0.2) is 15.8 Å². The molecule has 0 bridgehead atoms. The fourth-order valence-electron chi connectivity index (χ4n) is 5.00. The van der Waals surface area contributed by atoms with Gasteiger partial charge in [0.15, 0.2) is 25.2 Å². The van der Waals surface area contributed by atoms with Crippen molar-refractivity contribution >= 4 is 11.8 Å². The number of nitrogens with two attached hydrogens (primary N) is 1. The Bertz CT molecular complexity index is 1340. The van der Waals surface area contributed by atoms with Crippen molar-refractivity contribution in [2.45, 2.75) is 96.9 Å². The van der Waals surface area contributed by atoms with Gasteiger partial charge in [0.25, 0.3) is 5.56 Å². The lowest BCUT2D eigenvalue weighted by molar-refractivity contribution is -0.222. The van der Waals surface area contributed by atoms with Gasteiger partial charge >= 0.3 is 5.69 Å². The minimum Gasteiger partial charge on any atom is -0.377 e. The monoisotopic (exact) mass is 811 g/mol. The van der Waals surface area contributed by atoms with Gasteiger partial charge < -0.3 is 68.5 Å². The van der Waals surface area contributed by atoms with Crippen LogP contribution in [-0.4, -0.2) is 152 Å². The number of amides is 2. The quantitative estimate of drug-likeness (QED) is 0.0534. The Morgan fingerprint density at radius 1 is 0.857 bits per heavy atom. The zero-order valence-electron chi connectivity index (χ0n) is 33.2. The summed E-state index contributed by atoms with van der Waals surface area (Å²) in [7, 11) is 1.41. The molecule has 21 heteroatoms. The topological polar surface area (TPSA) is 241 Å². The van der Waals surface area contributed by atoms with E-state index in [9.17, 15) is 23.6 Å². The van der Waals surface area contributed by atoms with Gasteiger partial charge in [-0.05, 0) is 33.6 Å². The van der Waals surface area contributed by atoms with Gasteiger partial charge in [-0.25, -0.2) is 4.79 Å². The minimum atomic E-state index is -1.11. The third kappa shape index (κ3) is 21.0. The standard InChI is InChI=1S/C35H62FN5O15/c1-6-11-50-24(2)51-18-15-48-13-10-39-33(44)28(37)7-8-30(42)38-9-12-47-14-19-52-25(3)53-20-16-49-17-21-54-26(4)55-29-22-31(56-34(29)46-5)41-23-27(36)32(43)40-35(41)45/h23-26,28-29,31,34H,6-22,37H2,1-5H3,(H,38,42)(H,39,44)(H,40,43,45). The maximum Gasteiger partial charge on any atom is 0.330 e. The van der Waals surface area contributed by atoms with Crippen molar-refractivity contribution in [1.82, 2.24) is 20.2 Å². The number of ether oxygens (including phenoxy) is 11. The largest absolute Gasteiger partial charge is 0.377 e. The first kappa shape index (κ1) is 49.2. The molecule has 1 aliphatic rings. The highest BCUT2D eigenvalue weighted by Gasteiger charge is 2.39. The van der Waals surface area contributed by atoms with Crippen LogP contribution < -0.4 is 27.6 Å². The average Bonchev–Trinajstić information content (AvgIpc) is 3.58. The molecule has 1 aromatic rings. The molecule has 56 heavy (non-hydrogen) atoms. The number of carbonyl (C=O) groups excluding carboxylic acids is 2. The Morgan fingerprint density at radius 3 is 1.96 bits per heavy atom. The average molecular weight is 812 g/mol. The van der Waals surface area contributed by atoms with Crippen LogP contribution >= 0.6 is 0 Å². The van der Waals surface area contributed by atoms with Gasteiger partial charge in [-0.3, -0.25) is 23.9 Å². The molecule has 7 atom stereocenters. The molecule has 0 radical (unpaired) electrons. The molecule has 1 fully saturated rings. The maximum absolute atomic E-state index is 13.7. The van der Waals surface area contributed by atoms with E-state index in [1.807, 2.05) is 18.8 Å². The summed E-state index contributed by atoms with van der Waals surface area (Å²) in [5.41, 5.74) is 3.98. The molecule has 7 unspecified atom stereocenters. The first-order chi connectivity index (χ1) is 26.9. The summed E-state index contributed by atoms with van der Waals surface area (Å²) < 4.78 is 75.4. The van der Waals surface area contributed by atoms with Gasteiger partial charge in [0.2, 0.25) is 17.6 Å². The lowest BCUT2D eigenvalue weighted by atomic mass is 10.1. The Morgan fingerprint density at radius 2 is 1.39 bits per heavy atom. The molecule has 5 N–H and O–H groups in total. The molecule has 0 aromatic carbocycles. The first-order valence-electron chi connectivity index (χ1n) is 18.9. The molecule has 2 amide bonds. The summed E-state index contributed by atoms with van der Waals surface area (Å²) in [5.74, 6) is -1.69. The maximum atomic E-state index is 13.7. The van der Waals surface area contributed by atoms with E-state index in [1.165, 1.54) is 7.11 Å². The highest BCUT2D eigenvalue weighted by Crippen LogP contribution is 2.31. The normalized spacial score (nSPS) is 19.1. The Hall–Kier alpha value is -2.93. The Balaban J connectivity index is 1.39. The highest BCUT2D eigenvalue weighted by atomic mass is 19.1. The van der Waals surface area contributed by atoms with Crippen LogP contribution in [0, 0.1) is 5.82 Å². The van der Waals surface area contributed by atoms with Crippen molar-refractivity contribution < 1.29 is 66.1 Å². The molecular formula is C35H62FN5O15. The van der Waals surface area contributed by atoms with E-state index >= 15 is 0 Å². The van der Waals surface area contributed by atoms with E-state index in [4.69, 9.17) is 57.8 Å². The van der Waals surface area contributed by atoms with Crippen molar-refractivity contribution in [3.63, 3.8) is 0 Å². The van der Waals surface area contributed by atoms with E-state index in [0.29, 0.717) is 52.7 Å². The van der Waals surface area contributed by atoms with Gasteiger partial charge in [-0.1, -0.05) is 6.92 Å². The molecule has 324 valence electrons. The molecule has 2 rings (SSSR count). The molecule has 0 saturated carbocycles. The summed E-state index contributed by atoms with van der Waals surface area (Å²) in [6.07, 6.45) is -1.66. The predicted octanol–water partition coefficient (Wildman–Crippen LogP) is -0.127. The molecule has 0 aliphatic carbocycles. The van der Waals surface area contributed by atoms with Crippen molar-refractivity contribution in [2.24, 2.45) is 5.73 Å². The highest BCUT2D eigenvalue weighted by molar-refractivity contribution is 5.82. The van der Waals surface area contributed by atoms with Gasteiger partial charge in [0.1, 0.15) is 12.3 Å². The summed E-state index contributed by atoms with van der Waals surface area (Å²) in [6.45, 7) is 11.5. The van der Waals surface area contributed by atoms with Crippen LogP contribution in [0.2, 0.25) is 0 Å². The number of halogens is 1. The third-order valence-electron chi connectivity index (χ3n) is 7.87. The second-order valence-electron chi connectivity index (χ2n) is 12.4. The summed E-state index contributed by atoms with van der Waals surface area (Å²) in [6, 6.07) is -0.810. The van der Waals surface area contributed by atoms with Crippen molar-refractivity contribution in [3.8, 4) is 0 Å². The van der Waals surface area contributed by atoms with E-state index in [0.717, 1.165) is 17.2 Å². The van der Waals surface area contributed by atoms with Gasteiger partial charge in [0, 0.05) is 39.6 Å². The fraction of sp³-hybridized carbons (Fsp3) is 0.829. The molecule has 1 aromatic heterocycles. The van der Waals surface area contributed by atoms with Gasteiger partial charge in [-0.15, -0.1) is 0 Å². The Labute approximate surface area is 326 Å². The minimum absolute atomic E-state index is 0.104.